The topological polar surface area (TPSA) is 49.3 Å². The highest BCUT2D eigenvalue weighted by Crippen LogP contribution is 2.11. The summed E-state index contributed by atoms with van der Waals surface area (Å²) in [7, 11) is 0. The van der Waals surface area contributed by atoms with Gasteiger partial charge in [0.2, 0.25) is 0 Å². The van der Waals surface area contributed by atoms with Crippen LogP contribution in [0.25, 0.3) is 0 Å². The summed E-state index contributed by atoms with van der Waals surface area (Å²) >= 11 is 0. The van der Waals surface area contributed by atoms with E-state index in [1.807, 2.05) is 0 Å². The summed E-state index contributed by atoms with van der Waals surface area (Å²) in [5.74, 6) is -1.21. The fourth-order valence-corrected chi connectivity index (χ4v) is 1.18. The molecule has 2 N–H and O–H groups in total. The summed E-state index contributed by atoms with van der Waals surface area (Å²) in [5, 5.41) is 11.4. The Labute approximate surface area is 81.6 Å². The lowest BCUT2D eigenvalue weighted by Crippen LogP contribution is -2.19. The first-order chi connectivity index (χ1) is 6.58. The van der Waals surface area contributed by atoms with Crippen LogP contribution in [0.1, 0.15) is 13.3 Å². The van der Waals surface area contributed by atoms with Crippen molar-refractivity contribution in [1.29, 1.82) is 0 Å². The number of halogens is 1. The highest BCUT2D eigenvalue weighted by Gasteiger charge is 2.06. The van der Waals surface area contributed by atoms with Crippen molar-refractivity contribution < 1.29 is 14.3 Å². The predicted molar refractivity (Wildman–Crippen MR) is 51.7 cm³/mol. The number of hydrogen-bond donors (Lipinski definition) is 2. The third-order valence-electron chi connectivity index (χ3n) is 1.72. The number of carboxylic acids is 1. The molecular formula is C10H12FNO2. The molecule has 0 aliphatic heterocycles. The van der Waals surface area contributed by atoms with Crippen molar-refractivity contribution in [3.8, 4) is 0 Å². The summed E-state index contributed by atoms with van der Waals surface area (Å²) in [6, 6.07) is 5.73. The van der Waals surface area contributed by atoms with Gasteiger partial charge in [-0.2, -0.15) is 0 Å². The highest BCUT2D eigenvalue weighted by atomic mass is 19.1. The molecule has 0 aromatic heterocycles. The van der Waals surface area contributed by atoms with Crippen LogP contribution in [0.3, 0.4) is 0 Å². The predicted octanol–water partition coefficient (Wildman–Crippen LogP) is 2.10. The zero-order valence-electron chi connectivity index (χ0n) is 7.83. The summed E-state index contributed by atoms with van der Waals surface area (Å²) in [6.45, 7) is 1.74. The average Bonchev–Trinajstić information content (AvgIpc) is 2.01. The van der Waals surface area contributed by atoms with Gasteiger partial charge in [-0.05, 0) is 25.1 Å². The molecule has 1 rings (SSSR count). The maximum Gasteiger partial charge on any atom is 0.305 e. The minimum Gasteiger partial charge on any atom is -0.481 e. The van der Waals surface area contributed by atoms with Gasteiger partial charge in [-0.1, -0.05) is 6.07 Å². The van der Waals surface area contributed by atoms with Gasteiger partial charge in [0.15, 0.2) is 0 Å². The van der Waals surface area contributed by atoms with Crippen molar-refractivity contribution in [2.45, 2.75) is 19.4 Å². The van der Waals surface area contributed by atoms with E-state index < -0.39 is 5.97 Å². The van der Waals surface area contributed by atoms with Crippen LogP contribution in [0.4, 0.5) is 10.1 Å². The van der Waals surface area contributed by atoms with Crippen molar-refractivity contribution >= 4 is 11.7 Å². The Morgan fingerprint density at radius 1 is 1.64 bits per heavy atom. The van der Waals surface area contributed by atoms with Crippen LogP contribution in [0, 0.1) is 5.82 Å². The number of hydrogen-bond acceptors (Lipinski definition) is 2. The normalized spacial score (nSPS) is 12.1. The Hall–Kier alpha value is -1.58. The molecule has 0 unspecified atom stereocenters. The van der Waals surface area contributed by atoms with E-state index in [1.165, 1.54) is 12.1 Å². The SMILES string of the molecule is C[C@@H](CC(=O)O)Nc1cccc(F)c1. The first-order valence-electron chi connectivity index (χ1n) is 4.32. The van der Waals surface area contributed by atoms with Gasteiger partial charge in [0, 0.05) is 11.7 Å². The Balaban J connectivity index is 2.55. The molecule has 3 nitrogen and oxygen atoms in total. The van der Waals surface area contributed by atoms with Gasteiger partial charge in [0.05, 0.1) is 6.42 Å². The molecule has 0 saturated carbocycles. The summed E-state index contributed by atoms with van der Waals surface area (Å²) in [6.07, 6.45) is 0.0104. The van der Waals surface area contributed by atoms with E-state index in [1.54, 1.807) is 19.1 Å². The molecule has 0 radical (unpaired) electrons. The minimum atomic E-state index is -0.874. The van der Waals surface area contributed by atoms with E-state index in [9.17, 15) is 9.18 Å². The van der Waals surface area contributed by atoms with Gasteiger partial charge in [-0.3, -0.25) is 4.79 Å². The molecule has 0 aliphatic rings. The van der Waals surface area contributed by atoms with Crippen molar-refractivity contribution in [3.63, 3.8) is 0 Å². The maximum atomic E-state index is 12.7. The van der Waals surface area contributed by atoms with E-state index in [0.717, 1.165) is 0 Å². The van der Waals surface area contributed by atoms with Crippen molar-refractivity contribution in [2.24, 2.45) is 0 Å². The van der Waals surface area contributed by atoms with E-state index in [0.29, 0.717) is 5.69 Å². The summed E-state index contributed by atoms with van der Waals surface area (Å²) in [5.41, 5.74) is 0.596. The lowest BCUT2D eigenvalue weighted by atomic mass is 10.2. The molecule has 0 aliphatic carbocycles. The Bertz CT molecular complexity index is 328. The molecule has 14 heavy (non-hydrogen) atoms. The second kappa shape index (κ2) is 4.60. The first-order valence-corrected chi connectivity index (χ1v) is 4.32. The smallest absolute Gasteiger partial charge is 0.305 e. The van der Waals surface area contributed by atoms with Crippen molar-refractivity contribution in [2.75, 3.05) is 5.32 Å². The monoisotopic (exact) mass is 197 g/mol. The third kappa shape index (κ3) is 3.43. The zero-order chi connectivity index (χ0) is 10.6. The fraction of sp³-hybridized carbons (Fsp3) is 0.300. The standard InChI is InChI=1S/C10H12FNO2/c1-7(5-10(13)14)12-9-4-2-3-8(11)6-9/h2-4,6-7,12H,5H2,1H3,(H,13,14)/t7-/m0/s1. The van der Waals surface area contributed by atoms with Gasteiger partial charge in [0.25, 0.3) is 0 Å². The van der Waals surface area contributed by atoms with E-state index in [-0.39, 0.29) is 18.3 Å². The molecular weight excluding hydrogens is 185 g/mol. The van der Waals surface area contributed by atoms with E-state index >= 15 is 0 Å². The van der Waals surface area contributed by atoms with Gasteiger partial charge < -0.3 is 10.4 Å². The highest BCUT2D eigenvalue weighted by molar-refractivity contribution is 5.68. The van der Waals surface area contributed by atoms with Crippen LogP contribution in [0.15, 0.2) is 24.3 Å². The maximum absolute atomic E-state index is 12.7. The number of benzene rings is 1. The zero-order valence-corrected chi connectivity index (χ0v) is 7.83. The molecule has 0 spiro atoms. The quantitative estimate of drug-likeness (QED) is 0.777. The molecule has 0 fully saturated rings. The van der Waals surface area contributed by atoms with Crippen molar-refractivity contribution in [1.82, 2.24) is 0 Å². The Kier molecular flexibility index (Phi) is 3.45. The van der Waals surface area contributed by atoms with Crippen LogP contribution in [-0.4, -0.2) is 17.1 Å². The van der Waals surface area contributed by atoms with Crippen LogP contribution >= 0.6 is 0 Å². The number of rotatable bonds is 4. The lowest BCUT2D eigenvalue weighted by molar-refractivity contribution is -0.137. The van der Waals surface area contributed by atoms with Gasteiger partial charge in [-0.15, -0.1) is 0 Å². The molecule has 1 aromatic carbocycles. The molecule has 0 amide bonds. The number of carbonyl (C=O) groups is 1. The van der Waals surface area contributed by atoms with Crippen LogP contribution in [-0.2, 0) is 4.79 Å². The number of aliphatic carboxylic acids is 1. The number of carboxylic acid groups (broad SMARTS) is 1. The molecule has 1 atom stereocenters. The van der Waals surface area contributed by atoms with Gasteiger partial charge >= 0.3 is 5.97 Å². The van der Waals surface area contributed by atoms with E-state index in [2.05, 4.69) is 5.32 Å². The molecule has 0 heterocycles. The van der Waals surface area contributed by atoms with Gasteiger partial charge in [-0.25, -0.2) is 4.39 Å². The number of nitrogens with one attached hydrogen (secondary N) is 1. The largest absolute Gasteiger partial charge is 0.481 e. The van der Waals surface area contributed by atoms with Crippen LogP contribution < -0.4 is 5.32 Å². The second-order valence-electron chi connectivity index (χ2n) is 3.15. The third-order valence-corrected chi connectivity index (χ3v) is 1.72. The lowest BCUT2D eigenvalue weighted by Gasteiger charge is -2.12. The fourth-order valence-electron chi connectivity index (χ4n) is 1.18. The molecule has 0 bridgehead atoms. The molecule has 0 saturated heterocycles. The Morgan fingerprint density at radius 2 is 2.36 bits per heavy atom. The van der Waals surface area contributed by atoms with Crippen LogP contribution in [0.5, 0.6) is 0 Å². The van der Waals surface area contributed by atoms with E-state index in [4.69, 9.17) is 5.11 Å². The van der Waals surface area contributed by atoms with Crippen LogP contribution in [0.2, 0.25) is 0 Å². The first kappa shape index (κ1) is 10.5. The van der Waals surface area contributed by atoms with Crippen molar-refractivity contribution in [3.05, 3.63) is 30.1 Å². The summed E-state index contributed by atoms with van der Waals surface area (Å²) < 4.78 is 12.7. The molecule has 76 valence electrons. The molecule has 1 aromatic rings. The van der Waals surface area contributed by atoms with Gasteiger partial charge in [0.1, 0.15) is 5.82 Å². The Morgan fingerprint density at radius 3 is 2.93 bits per heavy atom. The minimum absolute atomic E-state index is 0.0104. The average molecular weight is 197 g/mol. The second-order valence-corrected chi connectivity index (χ2v) is 3.15. The summed E-state index contributed by atoms with van der Waals surface area (Å²) in [4.78, 5) is 10.4. The number of anilines is 1. The molecule has 4 heteroatoms.